The Kier molecular flexibility index (Phi) is 3.39. The standard InChI is InChI=1S/C8H9BrN2O2/c1-5-6(9)3-4-7(10-5)8(12)11-13-2/h3-4H,1-2H3,(H,11,12). The maximum absolute atomic E-state index is 11.2. The Morgan fingerprint density at radius 3 is 2.85 bits per heavy atom. The number of carbonyl (C=O) groups is 1. The zero-order valence-electron chi connectivity index (χ0n) is 7.30. The summed E-state index contributed by atoms with van der Waals surface area (Å²) < 4.78 is 0.876. The van der Waals surface area contributed by atoms with E-state index < -0.39 is 0 Å². The van der Waals surface area contributed by atoms with Gasteiger partial charge in [0.05, 0.1) is 12.8 Å². The molecule has 5 heteroatoms. The van der Waals surface area contributed by atoms with Gasteiger partial charge in [-0.3, -0.25) is 9.63 Å². The van der Waals surface area contributed by atoms with Gasteiger partial charge in [0.2, 0.25) is 0 Å². The minimum Gasteiger partial charge on any atom is -0.277 e. The number of hydrogen-bond donors (Lipinski definition) is 1. The fraction of sp³-hybridized carbons (Fsp3) is 0.250. The van der Waals surface area contributed by atoms with Crippen LogP contribution < -0.4 is 5.48 Å². The van der Waals surface area contributed by atoms with Crippen molar-refractivity contribution in [1.29, 1.82) is 0 Å². The van der Waals surface area contributed by atoms with Crippen molar-refractivity contribution in [3.8, 4) is 0 Å². The molecular weight excluding hydrogens is 236 g/mol. The summed E-state index contributed by atoms with van der Waals surface area (Å²) in [7, 11) is 1.38. The monoisotopic (exact) mass is 244 g/mol. The molecule has 0 aliphatic rings. The van der Waals surface area contributed by atoms with Crippen LogP contribution in [0, 0.1) is 6.92 Å². The molecule has 1 heterocycles. The van der Waals surface area contributed by atoms with Crippen molar-refractivity contribution >= 4 is 21.8 Å². The van der Waals surface area contributed by atoms with Crippen LogP contribution in [-0.4, -0.2) is 18.0 Å². The molecule has 0 saturated heterocycles. The SMILES string of the molecule is CONC(=O)c1ccc(Br)c(C)n1. The highest BCUT2D eigenvalue weighted by molar-refractivity contribution is 9.10. The van der Waals surface area contributed by atoms with Crippen molar-refractivity contribution < 1.29 is 9.63 Å². The van der Waals surface area contributed by atoms with Gasteiger partial charge in [-0.1, -0.05) is 0 Å². The van der Waals surface area contributed by atoms with Crippen molar-refractivity contribution in [3.05, 3.63) is 28.0 Å². The molecule has 1 rings (SSSR count). The number of aromatic nitrogens is 1. The van der Waals surface area contributed by atoms with Crippen LogP contribution >= 0.6 is 15.9 Å². The van der Waals surface area contributed by atoms with E-state index in [1.165, 1.54) is 7.11 Å². The molecule has 1 aromatic rings. The number of nitrogens with zero attached hydrogens (tertiary/aromatic N) is 1. The average molecular weight is 245 g/mol. The average Bonchev–Trinajstić information content (AvgIpc) is 2.10. The van der Waals surface area contributed by atoms with E-state index in [1.807, 2.05) is 6.92 Å². The van der Waals surface area contributed by atoms with Gasteiger partial charge < -0.3 is 0 Å². The zero-order valence-corrected chi connectivity index (χ0v) is 8.88. The molecular formula is C8H9BrN2O2. The Bertz CT molecular complexity index is 328. The predicted octanol–water partition coefficient (Wildman–Crippen LogP) is 1.44. The second kappa shape index (κ2) is 4.34. The number of pyridine rings is 1. The highest BCUT2D eigenvalue weighted by Gasteiger charge is 2.07. The van der Waals surface area contributed by atoms with Crippen LogP contribution in [0.2, 0.25) is 0 Å². The van der Waals surface area contributed by atoms with Crippen LogP contribution in [-0.2, 0) is 4.84 Å². The predicted molar refractivity (Wildman–Crippen MR) is 51.1 cm³/mol. The lowest BCUT2D eigenvalue weighted by molar-refractivity contribution is 0.0532. The Labute approximate surface area is 84.4 Å². The quantitative estimate of drug-likeness (QED) is 0.802. The highest BCUT2D eigenvalue weighted by atomic mass is 79.9. The van der Waals surface area contributed by atoms with E-state index in [2.05, 4.69) is 31.2 Å². The van der Waals surface area contributed by atoms with Gasteiger partial charge in [0, 0.05) is 4.47 Å². The summed E-state index contributed by atoms with van der Waals surface area (Å²) in [5.41, 5.74) is 3.29. The minimum atomic E-state index is -0.349. The number of hydroxylamine groups is 1. The minimum absolute atomic E-state index is 0.336. The molecule has 0 aromatic carbocycles. The van der Waals surface area contributed by atoms with Gasteiger partial charge in [0.15, 0.2) is 0 Å². The molecule has 1 N–H and O–H groups in total. The molecule has 70 valence electrons. The van der Waals surface area contributed by atoms with Crippen molar-refractivity contribution in [2.45, 2.75) is 6.92 Å². The molecule has 4 nitrogen and oxygen atoms in total. The first kappa shape index (κ1) is 10.1. The normalized spacial score (nSPS) is 9.77. The molecule has 0 unspecified atom stereocenters. The van der Waals surface area contributed by atoms with E-state index in [0.29, 0.717) is 5.69 Å². The van der Waals surface area contributed by atoms with Gasteiger partial charge in [-0.25, -0.2) is 10.5 Å². The van der Waals surface area contributed by atoms with Crippen molar-refractivity contribution in [2.24, 2.45) is 0 Å². The molecule has 1 amide bonds. The Morgan fingerprint density at radius 1 is 1.62 bits per heavy atom. The molecule has 13 heavy (non-hydrogen) atoms. The molecule has 0 aliphatic carbocycles. The van der Waals surface area contributed by atoms with Crippen LogP contribution in [0.4, 0.5) is 0 Å². The van der Waals surface area contributed by atoms with E-state index in [-0.39, 0.29) is 5.91 Å². The lowest BCUT2D eigenvalue weighted by atomic mass is 10.3. The molecule has 0 saturated carbocycles. The third kappa shape index (κ3) is 2.50. The largest absolute Gasteiger partial charge is 0.293 e. The summed E-state index contributed by atoms with van der Waals surface area (Å²) in [6.07, 6.45) is 0. The zero-order chi connectivity index (χ0) is 9.84. The molecule has 0 radical (unpaired) electrons. The first-order valence-corrected chi connectivity index (χ1v) is 4.41. The summed E-state index contributed by atoms with van der Waals surface area (Å²) in [5.74, 6) is -0.349. The van der Waals surface area contributed by atoms with Gasteiger partial charge in [-0.2, -0.15) is 0 Å². The number of aryl methyl sites for hydroxylation is 1. The van der Waals surface area contributed by atoms with Crippen LogP contribution in [0.25, 0.3) is 0 Å². The molecule has 0 fully saturated rings. The van der Waals surface area contributed by atoms with Crippen LogP contribution in [0.3, 0.4) is 0 Å². The van der Waals surface area contributed by atoms with Gasteiger partial charge in [0.1, 0.15) is 5.69 Å². The summed E-state index contributed by atoms with van der Waals surface area (Å²) in [6, 6.07) is 3.39. The number of amides is 1. The number of hydrogen-bond acceptors (Lipinski definition) is 3. The maximum Gasteiger partial charge on any atom is 0.293 e. The Balaban J connectivity index is 2.90. The molecule has 0 atom stereocenters. The Hall–Kier alpha value is -0.940. The Morgan fingerprint density at radius 2 is 2.31 bits per heavy atom. The third-order valence-corrected chi connectivity index (χ3v) is 2.29. The van der Waals surface area contributed by atoms with Gasteiger partial charge >= 0.3 is 0 Å². The highest BCUT2D eigenvalue weighted by Crippen LogP contribution is 2.13. The van der Waals surface area contributed by atoms with Gasteiger partial charge in [-0.05, 0) is 35.0 Å². The summed E-state index contributed by atoms with van der Waals surface area (Å²) in [6.45, 7) is 1.81. The van der Waals surface area contributed by atoms with Crippen molar-refractivity contribution in [1.82, 2.24) is 10.5 Å². The van der Waals surface area contributed by atoms with E-state index in [4.69, 9.17) is 0 Å². The number of carbonyl (C=O) groups excluding carboxylic acids is 1. The summed E-state index contributed by atoms with van der Waals surface area (Å²) in [4.78, 5) is 19.7. The van der Waals surface area contributed by atoms with Crippen molar-refractivity contribution in [3.63, 3.8) is 0 Å². The number of nitrogens with one attached hydrogen (secondary N) is 1. The first-order valence-electron chi connectivity index (χ1n) is 3.61. The third-order valence-electron chi connectivity index (χ3n) is 1.45. The fourth-order valence-corrected chi connectivity index (χ4v) is 1.04. The summed E-state index contributed by atoms with van der Waals surface area (Å²) in [5, 5.41) is 0. The summed E-state index contributed by atoms with van der Waals surface area (Å²) >= 11 is 3.29. The molecule has 1 aromatic heterocycles. The van der Waals surface area contributed by atoms with E-state index in [1.54, 1.807) is 12.1 Å². The molecule has 0 aliphatic heterocycles. The van der Waals surface area contributed by atoms with Crippen LogP contribution in [0.15, 0.2) is 16.6 Å². The topological polar surface area (TPSA) is 51.2 Å². The molecule has 0 bridgehead atoms. The van der Waals surface area contributed by atoms with E-state index >= 15 is 0 Å². The number of halogens is 1. The maximum atomic E-state index is 11.2. The van der Waals surface area contributed by atoms with Crippen molar-refractivity contribution in [2.75, 3.05) is 7.11 Å². The lowest BCUT2D eigenvalue weighted by Crippen LogP contribution is -2.23. The fourth-order valence-electron chi connectivity index (χ4n) is 0.815. The van der Waals surface area contributed by atoms with Gasteiger partial charge in [-0.15, -0.1) is 0 Å². The second-order valence-corrected chi connectivity index (χ2v) is 3.25. The van der Waals surface area contributed by atoms with E-state index in [0.717, 1.165) is 10.2 Å². The van der Waals surface area contributed by atoms with Crippen LogP contribution in [0.5, 0.6) is 0 Å². The number of rotatable bonds is 2. The first-order chi connectivity index (χ1) is 6.15. The smallest absolute Gasteiger partial charge is 0.277 e. The van der Waals surface area contributed by atoms with E-state index in [9.17, 15) is 4.79 Å². The van der Waals surface area contributed by atoms with Gasteiger partial charge in [0.25, 0.3) is 5.91 Å². The van der Waals surface area contributed by atoms with Crippen LogP contribution in [0.1, 0.15) is 16.2 Å². The second-order valence-electron chi connectivity index (χ2n) is 2.40. The molecule has 0 spiro atoms. The lowest BCUT2D eigenvalue weighted by Gasteiger charge is -2.02.